The first-order valence-corrected chi connectivity index (χ1v) is 8.33. The fourth-order valence-electron chi connectivity index (χ4n) is 2.23. The van der Waals surface area contributed by atoms with Gasteiger partial charge in [-0.05, 0) is 36.6 Å². The molecular formula is C15H16N2O5S. The van der Waals surface area contributed by atoms with Gasteiger partial charge in [-0.1, -0.05) is 25.1 Å². The second kappa shape index (κ2) is 6.25. The van der Waals surface area contributed by atoms with Crippen molar-refractivity contribution in [1.82, 2.24) is 0 Å². The Morgan fingerprint density at radius 3 is 2.52 bits per heavy atom. The maximum Gasteiger partial charge on any atom is 0.312 e. The molecule has 0 unspecified atom stereocenters. The lowest BCUT2D eigenvalue weighted by molar-refractivity contribution is -0.386. The van der Waals surface area contributed by atoms with E-state index in [1.165, 1.54) is 6.92 Å². The summed E-state index contributed by atoms with van der Waals surface area (Å²) in [6, 6.07) is 8.85. The van der Waals surface area contributed by atoms with Crippen molar-refractivity contribution in [3.63, 3.8) is 0 Å². The molecule has 0 fully saturated rings. The first kappa shape index (κ1) is 16.8. The lowest BCUT2D eigenvalue weighted by atomic mass is 10.1. The first-order valence-electron chi connectivity index (χ1n) is 6.85. The number of nitro benzene ring substituents is 1. The average Bonchev–Trinajstić information content (AvgIpc) is 2.46. The van der Waals surface area contributed by atoms with Crippen molar-refractivity contribution in [2.45, 2.75) is 25.2 Å². The van der Waals surface area contributed by atoms with Crippen LogP contribution in [-0.4, -0.2) is 18.4 Å². The molecule has 0 aliphatic rings. The lowest BCUT2D eigenvalue weighted by Gasteiger charge is -2.13. The molecule has 23 heavy (non-hydrogen) atoms. The Morgan fingerprint density at radius 1 is 1.26 bits per heavy atom. The molecule has 0 aliphatic carbocycles. The van der Waals surface area contributed by atoms with E-state index >= 15 is 0 Å². The predicted octanol–water partition coefficient (Wildman–Crippen LogP) is 2.97. The highest BCUT2D eigenvalue weighted by molar-refractivity contribution is 7.92. The van der Waals surface area contributed by atoms with Crippen LogP contribution in [0.5, 0.6) is 5.75 Å². The van der Waals surface area contributed by atoms with Gasteiger partial charge in [-0.2, -0.15) is 0 Å². The zero-order valence-corrected chi connectivity index (χ0v) is 13.4. The van der Waals surface area contributed by atoms with Crippen LogP contribution in [0.1, 0.15) is 18.1 Å². The summed E-state index contributed by atoms with van der Waals surface area (Å²) in [4.78, 5) is 9.83. The van der Waals surface area contributed by atoms with Crippen molar-refractivity contribution in [3.05, 3.63) is 57.6 Å². The fourth-order valence-corrected chi connectivity index (χ4v) is 3.57. The highest BCUT2D eigenvalue weighted by atomic mass is 32.2. The number of hydrogen-bond acceptors (Lipinski definition) is 5. The van der Waals surface area contributed by atoms with Gasteiger partial charge in [0, 0.05) is 6.07 Å². The SMILES string of the molecule is CCc1ccccc1NS(=O)(=O)c1cc([N+](=O)[O-])c(O)cc1C. The molecule has 2 rings (SSSR count). The molecule has 0 aromatic heterocycles. The molecule has 0 bridgehead atoms. The summed E-state index contributed by atoms with van der Waals surface area (Å²) in [7, 11) is -4.01. The van der Waals surface area contributed by atoms with Gasteiger partial charge in [0.1, 0.15) is 0 Å². The highest BCUT2D eigenvalue weighted by Crippen LogP contribution is 2.32. The molecule has 0 saturated heterocycles. The molecule has 0 saturated carbocycles. The van der Waals surface area contributed by atoms with Crippen LogP contribution in [0.2, 0.25) is 0 Å². The van der Waals surface area contributed by atoms with E-state index in [0.717, 1.165) is 17.7 Å². The summed E-state index contributed by atoms with van der Waals surface area (Å²) in [5, 5.41) is 20.5. The van der Waals surface area contributed by atoms with Crippen molar-refractivity contribution in [2.75, 3.05) is 4.72 Å². The van der Waals surface area contributed by atoms with E-state index < -0.39 is 26.4 Å². The van der Waals surface area contributed by atoms with E-state index in [4.69, 9.17) is 0 Å². The standard InChI is InChI=1S/C15H16N2O5S/c1-3-11-6-4-5-7-12(11)16-23(21,22)15-9-13(17(19)20)14(18)8-10(15)2/h4-9,16,18H,3H2,1-2H3. The Kier molecular flexibility index (Phi) is 4.55. The number of para-hydroxylation sites is 1. The zero-order valence-electron chi connectivity index (χ0n) is 12.6. The Hall–Kier alpha value is -2.61. The van der Waals surface area contributed by atoms with E-state index in [1.54, 1.807) is 24.3 Å². The molecule has 0 radical (unpaired) electrons. The second-order valence-corrected chi connectivity index (χ2v) is 6.63. The third kappa shape index (κ3) is 3.42. The van der Waals surface area contributed by atoms with Gasteiger partial charge >= 0.3 is 5.69 Å². The number of nitrogens with one attached hydrogen (secondary N) is 1. The monoisotopic (exact) mass is 336 g/mol. The topological polar surface area (TPSA) is 110 Å². The van der Waals surface area contributed by atoms with Gasteiger partial charge in [-0.3, -0.25) is 14.8 Å². The number of phenolic OH excluding ortho intramolecular Hbond substituents is 1. The van der Waals surface area contributed by atoms with Crippen LogP contribution >= 0.6 is 0 Å². The second-order valence-electron chi connectivity index (χ2n) is 4.98. The minimum absolute atomic E-state index is 0.217. The van der Waals surface area contributed by atoms with E-state index in [0.29, 0.717) is 12.1 Å². The number of aromatic hydroxyl groups is 1. The largest absolute Gasteiger partial charge is 0.502 e. The molecule has 0 heterocycles. The van der Waals surface area contributed by atoms with Crippen LogP contribution in [0.3, 0.4) is 0 Å². The van der Waals surface area contributed by atoms with Gasteiger partial charge in [-0.15, -0.1) is 0 Å². The lowest BCUT2D eigenvalue weighted by Crippen LogP contribution is -2.15. The van der Waals surface area contributed by atoms with Crippen molar-refractivity contribution >= 4 is 21.4 Å². The van der Waals surface area contributed by atoms with E-state index in [-0.39, 0.29) is 10.5 Å². The molecule has 0 spiro atoms. The average molecular weight is 336 g/mol. The molecule has 8 heteroatoms. The number of anilines is 1. The first-order chi connectivity index (χ1) is 10.8. The Balaban J connectivity index is 2.52. The van der Waals surface area contributed by atoms with Gasteiger partial charge in [0.2, 0.25) is 0 Å². The molecule has 0 amide bonds. The van der Waals surface area contributed by atoms with Gasteiger partial charge in [-0.25, -0.2) is 8.42 Å². The summed E-state index contributed by atoms with van der Waals surface area (Å²) < 4.78 is 27.6. The fraction of sp³-hybridized carbons (Fsp3) is 0.200. The predicted molar refractivity (Wildman–Crippen MR) is 86.1 cm³/mol. The summed E-state index contributed by atoms with van der Waals surface area (Å²) in [5.41, 5.74) is 0.793. The molecule has 0 aliphatic heterocycles. The molecule has 2 N–H and O–H groups in total. The highest BCUT2D eigenvalue weighted by Gasteiger charge is 2.24. The Morgan fingerprint density at radius 2 is 1.91 bits per heavy atom. The normalized spacial score (nSPS) is 11.2. The van der Waals surface area contributed by atoms with Crippen LogP contribution in [0.4, 0.5) is 11.4 Å². The number of sulfonamides is 1. The van der Waals surface area contributed by atoms with E-state index in [1.807, 2.05) is 6.92 Å². The Bertz CT molecular complexity index is 862. The number of benzene rings is 2. The number of hydrogen-bond donors (Lipinski definition) is 2. The maximum atomic E-state index is 12.6. The van der Waals surface area contributed by atoms with Crippen LogP contribution < -0.4 is 4.72 Å². The number of nitro groups is 1. The number of aryl methyl sites for hydroxylation is 2. The van der Waals surface area contributed by atoms with Gasteiger partial charge < -0.3 is 5.11 Å². The van der Waals surface area contributed by atoms with Gasteiger partial charge in [0.25, 0.3) is 10.0 Å². The molecular weight excluding hydrogens is 320 g/mol. The van der Waals surface area contributed by atoms with Crippen LogP contribution in [0, 0.1) is 17.0 Å². The maximum absolute atomic E-state index is 12.6. The van der Waals surface area contributed by atoms with Crippen LogP contribution in [0.15, 0.2) is 41.3 Å². The third-order valence-electron chi connectivity index (χ3n) is 3.40. The van der Waals surface area contributed by atoms with Gasteiger partial charge in [0.15, 0.2) is 5.75 Å². The summed E-state index contributed by atoms with van der Waals surface area (Å²) in [5.74, 6) is -0.569. The Labute approximate surface area is 133 Å². The van der Waals surface area contributed by atoms with Crippen molar-refractivity contribution in [2.24, 2.45) is 0 Å². The van der Waals surface area contributed by atoms with Gasteiger partial charge in [0.05, 0.1) is 15.5 Å². The van der Waals surface area contributed by atoms with Crippen molar-refractivity contribution in [3.8, 4) is 5.75 Å². The van der Waals surface area contributed by atoms with Crippen molar-refractivity contribution < 1.29 is 18.4 Å². The number of phenols is 1. The molecule has 2 aromatic rings. The molecule has 122 valence electrons. The summed E-state index contributed by atoms with van der Waals surface area (Å²) >= 11 is 0. The van der Waals surface area contributed by atoms with Crippen molar-refractivity contribution in [1.29, 1.82) is 0 Å². The van der Waals surface area contributed by atoms with E-state index in [9.17, 15) is 23.6 Å². The quantitative estimate of drug-likeness (QED) is 0.644. The zero-order chi connectivity index (χ0) is 17.2. The number of rotatable bonds is 5. The van der Waals surface area contributed by atoms with E-state index in [2.05, 4.69) is 4.72 Å². The minimum atomic E-state index is -4.01. The summed E-state index contributed by atoms with van der Waals surface area (Å²) in [6.45, 7) is 3.35. The van der Waals surface area contributed by atoms with Crippen LogP contribution in [0.25, 0.3) is 0 Å². The molecule has 2 aromatic carbocycles. The number of nitrogens with zero attached hydrogens (tertiary/aromatic N) is 1. The minimum Gasteiger partial charge on any atom is -0.502 e. The van der Waals surface area contributed by atoms with Crippen LogP contribution in [-0.2, 0) is 16.4 Å². The molecule has 7 nitrogen and oxygen atoms in total. The third-order valence-corrected chi connectivity index (χ3v) is 4.91. The summed E-state index contributed by atoms with van der Waals surface area (Å²) in [6.07, 6.45) is 0.632. The molecule has 0 atom stereocenters. The smallest absolute Gasteiger partial charge is 0.312 e.